The summed E-state index contributed by atoms with van der Waals surface area (Å²) in [5.74, 6) is -0.355. The Morgan fingerprint density at radius 2 is 1.52 bits per heavy atom. The molecule has 0 aromatic carbocycles. The van der Waals surface area contributed by atoms with Crippen molar-refractivity contribution in [3.63, 3.8) is 0 Å². The predicted octanol–water partition coefficient (Wildman–Crippen LogP) is 1.66. The van der Waals surface area contributed by atoms with Crippen molar-refractivity contribution in [2.24, 2.45) is 5.92 Å². The van der Waals surface area contributed by atoms with Gasteiger partial charge in [0.15, 0.2) is 0 Å². The topological polar surface area (TPSA) is 84.0 Å². The van der Waals surface area contributed by atoms with E-state index in [4.69, 9.17) is 0 Å². The lowest BCUT2D eigenvalue weighted by Crippen LogP contribution is -2.46. The third-order valence-electron chi connectivity index (χ3n) is 3.40. The van der Waals surface area contributed by atoms with Gasteiger partial charge in [0.2, 0.25) is 0 Å². The van der Waals surface area contributed by atoms with Crippen LogP contribution in [0.1, 0.15) is 34.8 Å². The van der Waals surface area contributed by atoms with Crippen LogP contribution in [0.2, 0.25) is 0 Å². The number of carbonyl (C=O) groups is 2. The third kappa shape index (κ3) is 4.88. The van der Waals surface area contributed by atoms with Crippen LogP contribution < -0.4 is 10.6 Å². The summed E-state index contributed by atoms with van der Waals surface area (Å²) < 4.78 is 0. The molecule has 0 aliphatic heterocycles. The van der Waals surface area contributed by atoms with Crippen molar-refractivity contribution < 1.29 is 9.59 Å². The zero-order valence-corrected chi connectivity index (χ0v) is 13.2. The fraction of sp³-hybridized carbons (Fsp3) is 0.294. The van der Waals surface area contributed by atoms with Gasteiger partial charge in [-0.3, -0.25) is 19.6 Å². The fourth-order valence-electron chi connectivity index (χ4n) is 1.98. The number of hydrogen-bond donors (Lipinski definition) is 2. The number of rotatable bonds is 6. The molecule has 2 rings (SSSR count). The van der Waals surface area contributed by atoms with Gasteiger partial charge in [-0.2, -0.15) is 0 Å². The van der Waals surface area contributed by atoms with Crippen LogP contribution in [0.5, 0.6) is 0 Å². The lowest BCUT2D eigenvalue weighted by Gasteiger charge is -2.22. The molecule has 2 amide bonds. The number of carbonyl (C=O) groups excluding carboxylic acids is 2. The van der Waals surface area contributed by atoms with Gasteiger partial charge in [-0.25, -0.2) is 0 Å². The summed E-state index contributed by atoms with van der Waals surface area (Å²) in [5, 5.41) is 5.70. The van der Waals surface area contributed by atoms with Crippen LogP contribution in [-0.4, -0.2) is 34.4 Å². The summed E-state index contributed by atoms with van der Waals surface area (Å²) in [6.45, 7) is 4.29. The van der Waals surface area contributed by atoms with Gasteiger partial charge < -0.3 is 10.6 Å². The van der Waals surface area contributed by atoms with Crippen LogP contribution in [-0.2, 0) is 0 Å². The van der Waals surface area contributed by atoms with E-state index >= 15 is 0 Å². The number of aromatic nitrogens is 2. The quantitative estimate of drug-likeness (QED) is 0.849. The Kier molecular flexibility index (Phi) is 5.80. The van der Waals surface area contributed by atoms with Crippen molar-refractivity contribution in [2.75, 3.05) is 6.54 Å². The fourth-order valence-corrected chi connectivity index (χ4v) is 1.98. The molecule has 0 aliphatic carbocycles. The highest BCUT2D eigenvalue weighted by molar-refractivity contribution is 5.93. The Hall–Kier alpha value is -2.76. The van der Waals surface area contributed by atoms with E-state index in [2.05, 4.69) is 20.6 Å². The number of amides is 2. The summed E-state index contributed by atoms with van der Waals surface area (Å²) in [6, 6.07) is 10.1. The molecule has 1 atom stereocenters. The second kappa shape index (κ2) is 8.03. The summed E-state index contributed by atoms with van der Waals surface area (Å²) in [7, 11) is 0. The first-order valence-corrected chi connectivity index (χ1v) is 7.49. The van der Waals surface area contributed by atoms with Crippen molar-refractivity contribution in [2.45, 2.75) is 19.9 Å². The molecule has 0 aliphatic rings. The zero-order chi connectivity index (χ0) is 16.7. The summed E-state index contributed by atoms with van der Waals surface area (Å²) in [6.07, 6.45) is 3.14. The molecule has 2 aromatic heterocycles. The van der Waals surface area contributed by atoms with E-state index in [0.29, 0.717) is 17.9 Å². The number of hydrogen-bond acceptors (Lipinski definition) is 4. The lowest BCUT2D eigenvalue weighted by atomic mass is 10.0. The number of pyridine rings is 2. The monoisotopic (exact) mass is 312 g/mol. The van der Waals surface area contributed by atoms with Gasteiger partial charge in [0, 0.05) is 25.0 Å². The highest BCUT2D eigenvalue weighted by atomic mass is 16.2. The zero-order valence-electron chi connectivity index (χ0n) is 13.2. The molecule has 23 heavy (non-hydrogen) atoms. The van der Waals surface area contributed by atoms with Crippen molar-refractivity contribution in [1.82, 2.24) is 20.6 Å². The van der Waals surface area contributed by atoms with E-state index < -0.39 is 0 Å². The standard InChI is InChI=1S/C17H20N4O2/c1-12(2)15(21-17(23)14-8-4-6-10-19-14)11-20-16(22)13-7-3-5-9-18-13/h3-10,12,15H,11H2,1-2H3,(H,20,22)(H,21,23)/t15-/m1/s1. The maximum atomic E-state index is 12.2. The molecule has 2 N–H and O–H groups in total. The van der Waals surface area contributed by atoms with Gasteiger partial charge >= 0.3 is 0 Å². The van der Waals surface area contributed by atoms with Crippen LogP contribution in [0.15, 0.2) is 48.8 Å². The van der Waals surface area contributed by atoms with E-state index in [1.54, 1.807) is 48.8 Å². The summed E-state index contributed by atoms with van der Waals surface area (Å²) >= 11 is 0. The first kappa shape index (κ1) is 16.6. The van der Waals surface area contributed by atoms with Crippen LogP contribution in [0.25, 0.3) is 0 Å². The molecule has 2 aromatic rings. The second-order valence-corrected chi connectivity index (χ2v) is 5.46. The van der Waals surface area contributed by atoms with Gasteiger partial charge in [0.1, 0.15) is 11.4 Å². The van der Waals surface area contributed by atoms with E-state index in [-0.39, 0.29) is 23.8 Å². The molecule has 0 radical (unpaired) electrons. The molecule has 2 heterocycles. The van der Waals surface area contributed by atoms with Gasteiger partial charge in [-0.1, -0.05) is 26.0 Å². The van der Waals surface area contributed by atoms with Gasteiger partial charge in [-0.05, 0) is 30.2 Å². The Bertz CT molecular complexity index is 644. The van der Waals surface area contributed by atoms with E-state index in [1.165, 1.54) is 0 Å². The summed E-state index contributed by atoms with van der Waals surface area (Å²) in [4.78, 5) is 32.2. The highest BCUT2D eigenvalue weighted by Crippen LogP contribution is 2.03. The minimum absolute atomic E-state index is 0.159. The Balaban J connectivity index is 1.94. The normalized spacial score (nSPS) is 11.8. The van der Waals surface area contributed by atoms with Gasteiger partial charge in [0.25, 0.3) is 11.8 Å². The molecule has 6 heteroatoms. The minimum atomic E-state index is -0.261. The third-order valence-corrected chi connectivity index (χ3v) is 3.40. The lowest BCUT2D eigenvalue weighted by molar-refractivity contribution is 0.0892. The van der Waals surface area contributed by atoms with Crippen molar-refractivity contribution in [3.8, 4) is 0 Å². The van der Waals surface area contributed by atoms with Crippen LogP contribution in [0.3, 0.4) is 0 Å². The van der Waals surface area contributed by atoms with E-state index in [9.17, 15) is 9.59 Å². The van der Waals surface area contributed by atoms with Crippen LogP contribution in [0, 0.1) is 5.92 Å². The van der Waals surface area contributed by atoms with Crippen molar-refractivity contribution in [3.05, 3.63) is 60.2 Å². The van der Waals surface area contributed by atoms with Gasteiger partial charge in [-0.15, -0.1) is 0 Å². The molecule has 120 valence electrons. The first-order chi connectivity index (χ1) is 11.1. The van der Waals surface area contributed by atoms with Crippen molar-refractivity contribution in [1.29, 1.82) is 0 Å². The maximum Gasteiger partial charge on any atom is 0.270 e. The predicted molar refractivity (Wildman–Crippen MR) is 86.9 cm³/mol. The van der Waals surface area contributed by atoms with Crippen molar-refractivity contribution >= 4 is 11.8 Å². The molecule has 6 nitrogen and oxygen atoms in total. The smallest absolute Gasteiger partial charge is 0.270 e. The molecule has 0 saturated heterocycles. The Labute approximate surface area is 135 Å². The Morgan fingerprint density at radius 3 is 2.00 bits per heavy atom. The minimum Gasteiger partial charge on any atom is -0.349 e. The summed E-state index contributed by atoms with van der Waals surface area (Å²) in [5.41, 5.74) is 0.709. The molecule has 0 spiro atoms. The average Bonchev–Trinajstić information content (AvgIpc) is 2.59. The number of nitrogens with zero attached hydrogens (tertiary/aromatic N) is 2. The maximum absolute atomic E-state index is 12.2. The Morgan fingerprint density at radius 1 is 0.957 bits per heavy atom. The van der Waals surface area contributed by atoms with Crippen LogP contribution in [0.4, 0.5) is 0 Å². The SMILES string of the molecule is CC(C)[C@@H](CNC(=O)c1ccccn1)NC(=O)c1ccccn1. The van der Waals surface area contributed by atoms with E-state index in [0.717, 1.165) is 0 Å². The highest BCUT2D eigenvalue weighted by Gasteiger charge is 2.19. The first-order valence-electron chi connectivity index (χ1n) is 7.49. The average molecular weight is 312 g/mol. The molecular formula is C17H20N4O2. The largest absolute Gasteiger partial charge is 0.349 e. The molecule has 0 fully saturated rings. The number of nitrogens with one attached hydrogen (secondary N) is 2. The molecular weight excluding hydrogens is 292 g/mol. The molecule has 0 saturated carbocycles. The van der Waals surface area contributed by atoms with Gasteiger partial charge in [0.05, 0.1) is 0 Å². The molecule has 0 bridgehead atoms. The second-order valence-electron chi connectivity index (χ2n) is 5.46. The van der Waals surface area contributed by atoms with Crippen LogP contribution >= 0.6 is 0 Å². The van der Waals surface area contributed by atoms with E-state index in [1.807, 2.05) is 13.8 Å². The molecule has 0 unspecified atom stereocenters.